The topological polar surface area (TPSA) is 47.8 Å². The van der Waals surface area contributed by atoms with E-state index >= 15 is 0 Å². The number of aromatic nitrogens is 3. The first-order chi connectivity index (χ1) is 10.8. The van der Waals surface area contributed by atoms with E-state index in [0.717, 1.165) is 28.6 Å². The van der Waals surface area contributed by atoms with E-state index in [1.54, 1.807) is 5.38 Å². The molecule has 2 aromatic heterocycles. The van der Waals surface area contributed by atoms with Crippen molar-refractivity contribution in [2.45, 2.75) is 51.2 Å². The smallest absolute Gasteiger partial charge is 0.267 e. The van der Waals surface area contributed by atoms with Crippen molar-refractivity contribution >= 4 is 11.3 Å². The van der Waals surface area contributed by atoms with Gasteiger partial charge in [-0.05, 0) is 18.9 Å². The number of thiazole rings is 1. The van der Waals surface area contributed by atoms with Crippen LogP contribution in [0.5, 0.6) is 0 Å². The van der Waals surface area contributed by atoms with Crippen molar-refractivity contribution in [2.24, 2.45) is 0 Å². The van der Waals surface area contributed by atoms with Crippen molar-refractivity contribution in [1.82, 2.24) is 14.8 Å². The van der Waals surface area contributed by atoms with Gasteiger partial charge in [-0.15, -0.1) is 11.3 Å². The van der Waals surface area contributed by atoms with Gasteiger partial charge in [0.05, 0.1) is 22.9 Å². The fourth-order valence-electron chi connectivity index (χ4n) is 2.27. The third-order valence-corrected chi connectivity index (χ3v) is 4.86. The van der Waals surface area contributed by atoms with E-state index in [-0.39, 0.29) is 18.4 Å². The summed E-state index contributed by atoms with van der Waals surface area (Å²) < 4.78 is 40.2. The Morgan fingerprint density at radius 1 is 1.39 bits per heavy atom. The average Bonchev–Trinajstić information content (AvgIpc) is 3.19. The molecule has 1 aliphatic carbocycles. The highest BCUT2D eigenvalue weighted by Gasteiger charge is 2.37. The van der Waals surface area contributed by atoms with Crippen molar-refractivity contribution in [2.75, 3.05) is 0 Å². The van der Waals surface area contributed by atoms with E-state index in [1.165, 1.54) is 11.3 Å². The molecule has 0 saturated heterocycles. The molecule has 0 aliphatic heterocycles. The van der Waals surface area contributed by atoms with Crippen molar-refractivity contribution in [1.29, 1.82) is 0 Å². The lowest BCUT2D eigenvalue weighted by atomic mass is 10.2. The second-order valence-corrected chi connectivity index (χ2v) is 6.94. The molecule has 1 fully saturated rings. The van der Waals surface area contributed by atoms with Crippen molar-refractivity contribution in [3.63, 3.8) is 0 Å². The molecular weight excluding hydrogens is 327 g/mol. The summed E-state index contributed by atoms with van der Waals surface area (Å²) in [7, 11) is 0. The second-order valence-electron chi connectivity index (χ2n) is 6.05. The lowest BCUT2D eigenvalue weighted by molar-refractivity contribution is -0.139. The molecular formula is C15H16F3N3OS. The second kappa shape index (κ2) is 5.74. The Hall–Kier alpha value is -1.70. The Balaban J connectivity index is 2.00. The monoisotopic (exact) mass is 343 g/mol. The summed E-state index contributed by atoms with van der Waals surface area (Å²) in [6.07, 6.45) is -3.04. The van der Waals surface area contributed by atoms with E-state index in [4.69, 9.17) is 0 Å². The molecule has 0 bridgehead atoms. The fraction of sp³-hybridized carbons (Fsp3) is 0.533. The largest absolute Gasteiger partial charge is 0.421 e. The van der Waals surface area contributed by atoms with Crippen LogP contribution in [0.25, 0.3) is 0 Å². The van der Waals surface area contributed by atoms with Gasteiger partial charge in [0.25, 0.3) is 5.56 Å². The van der Waals surface area contributed by atoms with Gasteiger partial charge in [-0.2, -0.15) is 18.3 Å². The number of alkyl halides is 3. The van der Waals surface area contributed by atoms with E-state index in [9.17, 15) is 18.0 Å². The lowest BCUT2D eigenvalue weighted by Gasteiger charge is -2.11. The van der Waals surface area contributed by atoms with Gasteiger partial charge in [-0.3, -0.25) is 4.79 Å². The van der Waals surface area contributed by atoms with Crippen LogP contribution in [0.4, 0.5) is 13.2 Å². The SMILES string of the molecule is CC(C)c1nc(Cn2nc(C3CC3)cc(C(F)(F)F)c2=O)cs1. The van der Waals surface area contributed by atoms with Gasteiger partial charge in [0.2, 0.25) is 0 Å². The molecule has 2 aromatic rings. The lowest BCUT2D eigenvalue weighted by Crippen LogP contribution is -2.31. The maximum absolute atomic E-state index is 13.1. The van der Waals surface area contributed by atoms with Gasteiger partial charge in [-0.1, -0.05) is 13.8 Å². The zero-order chi connectivity index (χ0) is 16.8. The van der Waals surface area contributed by atoms with Gasteiger partial charge in [0, 0.05) is 17.2 Å². The Labute approximate surface area is 135 Å². The minimum atomic E-state index is -4.67. The Morgan fingerprint density at radius 2 is 2.09 bits per heavy atom. The third-order valence-electron chi connectivity index (χ3n) is 3.67. The summed E-state index contributed by atoms with van der Waals surface area (Å²) in [5, 5.41) is 6.78. The fourth-order valence-corrected chi connectivity index (χ4v) is 3.09. The number of hydrogen-bond donors (Lipinski definition) is 0. The molecule has 0 atom stereocenters. The van der Waals surface area contributed by atoms with Crippen LogP contribution in [0.2, 0.25) is 0 Å². The molecule has 8 heteroatoms. The molecule has 4 nitrogen and oxygen atoms in total. The predicted octanol–water partition coefficient (Wildman–Crippen LogP) is 3.77. The summed E-state index contributed by atoms with van der Waals surface area (Å²) in [4.78, 5) is 16.5. The summed E-state index contributed by atoms with van der Waals surface area (Å²) in [6.45, 7) is 3.94. The molecule has 0 N–H and O–H groups in total. The number of halogens is 3. The molecule has 124 valence electrons. The molecule has 2 heterocycles. The molecule has 0 unspecified atom stereocenters. The van der Waals surface area contributed by atoms with Crippen LogP contribution in [0, 0.1) is 0 Å². The van der Waals surface area contributed by atoms with Gasteiger partial charge >= 0.3 is 6.18 Å². The molecule has 0 radical (unpaired) electrons. The molecule has 0 aromatic carbocycles. The van der Waals surface area contributed by atoms with Gasteiger partial charge in [-0.25, -0.2) is 9.67 Å². The number of rotatable bonds is 4. The highest BCUT2D eigenvalue weighted by molar-refractivity contribution is 7.09. The standard InChI is InChI=1S/C15H16F3N3OS/c1-8(2)13-19-10(7-23-13)6-21-14(22)11(15(16,17)18)5-12(20-21)9-3-4-9/h5,7-9H,3-4,6H2,1-2H3. The van der Waals surface area contributed by atoms with Gasteiger partial charge in [0.1, 0.15) is 5.56 Å². The summed E-state index contributed by atoms with van der Waals surface area (Å²) >= 11 is 1.44. The normalized spacial score (nSPS) is 15.4. The van der Waals surface area contributed by atoms with Gasteiger partial charge in [0.15, 0.2) is 0 Å². The maximum Gasteiger partial charge on any atom is 0.421 e. The van der Waals surface area contributed by atoms with E-state index in [2.05, 4.69) is 10.1 Å². The van der Waals surface area contributed by atoms with E-state index in [0.29, 0.717) is 11.4 Å². The van der Waals surface area contributed by atoms with Crippen LogP contribution in [-0.2, 0) is 12.7 Å². The summed E-state index contributed by atoms with van der Waals surface area (Å²) in [6, 6.07) is 0.900. The summed E-state index contributed by atoms with van der Waals surface area (Å²) in [5.74, 6) is 0.270. The zero-order valence-electron chi connectivity index (χ0n) is 12.7. The van der Waals surface area contributed by atoms with Gasteiger partial charge < -0.3 is 0 Å². The minimum absolute atomic E-state index is 0.0320. The highest BCUT2D eigenvalue weighted by Crippen LogP contribution is 2.40. The van der Waals surface area contributed by atoms with E-state index < -0.39 is 17.3 Å². The van der Waals surface area contributed by atoms with Crippen molar-refractivity contribution in [3.8, 4) is 0 Å². The van der Waals surface area contributed by atoms with Crippen LogP contribution < -0.4 is 5.56 Å². The predicted molar refractivity (Wildman–Crippen MR) is 80.8 cm³/mol. The first kappa shape index (κ1) is 16.2. The Kier molecular flexibility index (Phi) is 4.03. The first-order valence-corrected chi connectivity index (χ1v) is 8.27. The third kappa shape index (κ3) is 3.46. The van der Waals surface area contributed by atoms with Crippen molar-refractivity contribution < 1.29 is 13.2 Å². The zero-order valence-corrected chi connectivity index (χ0v) is 13.5. The average molecular weight is 343 g/mol. The highest BCUT2D eigenvalue weighted by atomic mass is 32.1. The van der Waals surface area contributed by atoms with Crippen LogP contribution in [0.1, 0.15) is 60.5 Å². The molecule has 0 spiro atoms. The van der Waals surface area contributed by atoms with Crippen molar-refractivity contribution in [3.05, 3.63) is 43.8 Å². The van der Waals surface area contributed by atoms with Crippen LogP contribution in [-0.4, -0.2) is 14.8 Å². The quantitative estimate of drug-likeness (QED) is 0.849. The molecule has 1 aliphatic rings. The van der Waals surface area contributed by atoms with Crippen LogP contribution in [0.15, 0.2) is 16.2 Å². The molecule has 0 amide bonds. The first-order valence-electron chi connectivity index (χ1n) is 7.39. The maximum atomic E-state index is 13.1. The molecule has 1 saturated carbocycles. The van der Waals surface area contributed by atoms with E-state index in [1.807, 2.05) is 13.8 Å². The number of hydrogen-bond acceptors (Lipinski definition) is 4. The Morgan fingerprint density at radius 3 is 2.61 bits per heavy atom. The van der Waals surface area contributed by atoms with Crippen LogP contribution >= 0.6 is 11.3 Å². The molecule has 23 heavy (non-hydrogen) atoms. The Bertz CT molecular complexity index is 775. The summed E-state index contributed by atoms with van der Waals surface area (Å²) in [5.41, 5.74) is -1.35. The number of nitrogens with zero attached hydrogens (tertiary/aromatic N) is 3. The molecule has 3 rings (SSSR count). The van der Waals surface area contributed by atoms with Crippen LogP contribution in [0.3, 0.4) is 0 Å². The minimum Gasteiger partial charge on any atom is -0.267 e.